The second-order valence-electron chi connectivity index (χ2n) is 7.22. The van der Waals surface area contributed by atoms with Gasteiger partial charge in [-0.25, -0.2) is 0 Å². The molecule has 0 spiro atoms. The quantitative estimate of drug-likeness (QED) is 0.325. The zero-order valence-corrected chi connectivity index (χ0v) is 15.0. The smallest absolute Gasteiger partial charge is 0.138 e. The highest BCUT2D eigenvalue weighted by Gasteiger charge is 2.14. The fourth-order valence-corrected chi connectivity index (χ4v) is 3.92. The predicted octanol–water partition coefficient (Wildman–Crippen LogP) is 7.53. The third-order valence-corrected chi connectivity index (χ3v) is 5.25. The SMILES string of the molecule is CC(C)c1cccc2c1oc1cc(-c3cccc4ccccc34)ccc12. The second-order valence-corrected chi connectivity index (χ2v) is 7.22. The van der Waals surface area contributed by atoms with E-state index in [9.17, 15) is 0 Å². The Balaban J connectivity index is 1.78. The molecule has 0 amide bonds. The topological polar surface area (TPSA) is 13.1 Å². The van der Waals surface area contributed by atoms with Crippen molar-refractivity contribution in [1.29, 1.82) is 0 Å². The van der Waals surface area contributed by atoms with Crippen molar-refractivity contribution in [3.05, 3.63) is 84.4 Å². The van der Waals surface area contributed by atoms with E-state index < -0.39 is 0 Å². The Bertz CT molecular complexity index is 1250. The van der Waals surface area contributed by atoms with Gasteiger partial charge < -0.3 is 4.42 Å². The Morgan fingerprint density at radius 2 is 1.46 bits per heavy atom. The summed E-state index contributed by atoms with van der Waals surface area (Å²) in [5.41, 5.74) is 5.69. The van der Waals surface area contributed by atoms with Crippen molar-refractivity contribution in [1.82, 2.24) is 0 Å². The zero-order chi connectivity index (χ0) is 17.7. The second kappa shape index (κ2) is 5.74. The summed E-state index contributed by atoms with van der Waals surface area (Å²) in [6.45, 7) is 4.42. The summed E-state index contributed by atoms with van der Waals surface area (Å²) in [6.07, 6.45) is 0. The molecule has 0 aliphatic heterocycles. The monoisotopic (exact) mass is 336 g/mol. The summed E-state index contributed by atoms with van der Waals surface area (Å²) in [7, 11) is 0. The normalized spacial score (nSPS) is 11.8. The van der Waals surface area contributed by atoms with Crippen molar-refractivity contribution in [2.75, 3.05) is 0 Å². The molecule has 1 aromatic heterocycles. The average molecular weight is 336 g/mol. The third kappa shape index (κ3) is 2.24. The van der Waals surface area contributed by atoms with Crippen LogP contribution in [0.3, 0.4) is 0 Å². The Hall–Kier alpha value is -3.06. The van der Waals surface area contributed by atoms with Gasteiger partial charge in [0, 0.05) is 10.8 Å². The van der Waals surface area contributed by atoms with Gasteiger partial charge in [-0.15, -0.1) is 0 Å². The van der Waals surface area contributed by atoms with Gasteiger partial charge in [0.2, 0.25) is 0 Å². The average Bonchev–Trinajstić information content (AvgIpc) is 3.05. The van der Waals surface area contributed by atoms with Crippen molar-refractivity contribution >= 4 is 32.7 Å². The van der Waals surface area contributed by atoms with Crippen LogP contribution in [0.15, 0.2) is 83.3 Å². The lowest BCUT2D eigenvalue weighted by molar-refractivity contribution is 0.657. The molecule has 5 aromatic rings. The molecular weight excluding hydrogens is 316 g/mol. The van der Waals surface area contributed by atoms with Gasteiger partial charge in [-0.2, -0.15) is 0 Å². The highest BCUT2D eigenvalue weighted by molar-refractivity contribution is 6.08. The molecule has 0 atom stereocenters. The van der Waals surface area contributed by atoms with Crippen molar-refractivity contribution < 1.29 is 4.42 Å². The van der Waals surface area contributed by atoms with E-state index >= 15 is 0 Å². The molecule has 4 aromatic carbocycles. The van der Waals surface area contributed by atoms with Crippen LogP contribution in [0.1, 0.15) is 25.3 Å². The maximum absolute atomic E-state index is 6.32. The molecule has 0 saturated carbocycles. The van der Waals surface area contributed by atoms with E-state index in [1.165, 1.54) is 38.2 Å². The zero-order valence-electron chi connectivity index (χ0n) is 15.0. The van der Waals surface area contributed by atoms with E-state index in [-0.39, 0.29) is 0 Å². The standard InChI is InChI=1S/C25H20O/c1-16(2)19-10-6-12-23-22-14-13-18(15-24(22)26-25(19)23)21-11-5-8-17-7-3-4-9-20(17)21/h3-16H,1-2H3. The third-order valence-electron chi connectivity index (χ3n) is 5.25. The van der Waals surface area contributed by atoms with Gasteiger partial charge in [0.05, 0.1) is 0 Å². The van der Waals surface area contributed by atoms with Gasteiger partial charge in [-0.1, -0.05) is 80.6 Å². The van der Waals surface area contributed by atoms with Gasteiger partial charge in [-0.3, -0.25) is 0 Å². The first-order valence-corrected chi connectivity index (χ1v) is 9.16. The van der Waals surface area contributed by atoms with Crippen LogP contribution in [0.25, 0.3) is 43.8 Å². The number of benzene rings is 4. The maximum atomic E-state index is 6.32. The number of furan rings is 1. The van der Waals surface area contributed by atoms with Gasteiger partial charge in [-0.05, 0) is 45.5 Å². The predicted molar refractivity (Wildman–Crippen MR) is 111 cm³/mol. The molecule has 0 aliphatic rings. The molecule has 0 unspecified atom stereocenters. The molecule has 0 saturated heterocycles. The lowest BCUT2D eigenvalue weighted by atomic mass is 9.97. The number of fused-ring (bicyclic) bond motifs is 4. The molecule has 1 nitrogen and oxygen atoms in total. The summed E-state index contributed by atoms with van der Waals surface area (Å²) in [4.78, 5) is 0. The Kier molecular flexibility index (Phi) is 3.36. The van der Waals surface area contributed by atoms with Crippen molar-refractivity contribution in [2.24, 2.45) is 0 Å². The van der Waals surface area contributed by atoms with Gasteiger partial charge in [0.25, 0.3) is 0 Å². The first kappa shape index (κ1) is 15.2. The Morgan fingerprint density at radius 1 is 0.692 bits per heavy atom. The van der Waals surface area contributed by atoms with Crippen molar-refractivity contribution in [3.63, 3.8) is 0 Å². The molecule has 0 N–H and O–H groups in total. The van der Waals surface area contributed by atoms with E-state index in [0.29, 0.717) is 5.92 Å². The Labute approximate surface area is 152 Å². The van der Waals surface area contributed by atoms with Crippen LogP contribution in [0.2, 0.25) is 0 Å². The highest BCUT2D eigenvalue weighted by Crippen LogP contribution is 2.37. The number of hydrogen-bond donors (Lipinski definition) is 0. The van der Waals surface area contributed by atoms with Crippen LogP contribution in [-0.2, 0) is 0 Å². The fourth-order valence-electron chi connectivity index (χ4n) is 3.92. The van der Waals surface area contributed by atoms with Crippen LogP contribution in [0.5, 0.6) is 0 Å². The molecule has 0 bridgehead atoms. The summed E-state index contributed by atoms with van der Waals surface area (Å²) in [5, 5.41) is 4.92. The molecule has 0 fully saturated rings. The molecule has 126 valence electrons. The van der Waals surface area contributed by atoms with Gasteiger partial charge >= 0.3 is 0 Å². The molecule has 0 radical (unpaired) electrons. The summed E-state index contributed by atoms with van der Waals surface area (Å²) in [6, 6.07) is 28.0. The van der Waals surface area contributed by atoms with Crippen LogP contribution in [-0.4, -0.2) is 0 Å². The van der Waals surface area contributed by atoms with Crippen molar-refractivity contribution in [2.45, 2.75) is 19.8 Å². The number of rotatable bonds is 2. The summed E-state index contributed by atoms with van der Waals surface area (Å²) < 4.78 is 6.32. The number of para-hydroxylation sites is 1. The highest BCUT2D eigenvalue weighted by atomic mass is 16.3. The minimum absolute atomic E-state index is 0.441. The minimum Gasteiger partial charge on any atom is -0.456 e. The molecule has 1 heteroatoms. The largest absolute Gasteiger partial charge is 0.456 e. The first-order chi connectivity index (χ1) is 12.7. The molecule has 0 aliphatic carbocycles. The van der Waals surface area contributed by atoms with E-state index in [1.807, 2.05) is 0 Å². The van der Waals surface area contributed by atoms with Crippen molar-refractivity contribution in [3.8, 4) is 11.1 Å². The van der Waals surface area contributed by atoms with E-state index in [4.69, 9.17) is 4.42 Å². The summed E-state index contributed by atoms with van der Waals surface area (Å²) in [5.74, 6) is 0.441. The first-order valence-electron chi connectivity index (χ1n) is 9.16. The van der Waals surface area contributed by atoms with E-state index in [0.717, 1.165) is 11.2 Å². The van der Waals surface area contributed by atoms with Crippen LogP contribution in [0.4, 0.5) is 0 Å². The molecule has 5 rings (SSSR count). The lowest BCUT2D eigenvalue weighted by Crippen LogP contribution is -1.86. The molecule has 26 heavy (non-hydrogen) atoms. The van der Waals surface area contributed by atoms with Crippen LogP contribution < -0.4 is 0 Å². The van der Waals surface area contributed by atoms with Crippen LogP contribution >= 0.6 is 0 Å². The van der Waals surface area contributed by atoms with E-state index in [2.05, 4.69) is 92.7 Å². The number of hydrogen-bond acceptors (Lipinski definition) is 1. The summed E-state index contributed by atoms with van der Waals surface area (Å²) >= 11 is 0. The molecule has 1 heterocycles. The maximum Gasteiger partial charge on any atom is 0.138 e. The van der Waals surface area contributed by atoms with E-state index in [1.54, 1.807) is 0 Å². The van der Waals surface area contributed by atoms with Gasteiger partial charge in [0.1, 0.15) is 11.2 Å². The minimum atomic E-state index is 0.441. The fraction of sp³-hybridized carbons (Fsp3) is 0.120. The van der Waals surface area contributed by atoms with Gasteiger partial charge in [0.15, 0.2) is 0 Å². The lowest BCUT2D eigenvalue weighted by Gasteiger charge is -2.06. The Morgan fingerprint density at radius 3 is 2.35 bits per heavy atom. The van der Waals surface area contributed by atoms with Crippen LogP contribution in [0, 0.1) is 0 Å². The molecular formula is C25H20O.